The number of rotatable bonds is 2. The van der Waals surface area contributed by atoms with Crippen LogP contribution in [-0.4, -0.2) is 4.98 Å². The minimum absolute atomic E-state index is 1.10. The van der Waals surface area contributed by atoms with Crippen LogP contribution in [0.3, 0.4) is 0 Å². The minimum atomic E-state index is 1.10. The maximum atomic E-state index is 4.17. The smallest absolute Gasteiger partial charge is 0.155 e. The average Bonchev–Trinajstić information content (AvgIpc) is 2.60. The molecule has 0 aliphatic rings. The fourth-order valence-electron chi connectivity index (χ4n) is 0.630. The Kier molecular flexibility index (Phi) is 2.26. The van der Waals surface area contributed by atoms with Gasteiger partial charge in [-0.25, -0.2) is 4.98 Å². The van der Waals surface area contributed by atoms with Crippen LogP contribution in [0.1, 0.15) is 0 Å². The van der Waals surface area contributed by atoms with E-state index < -0.39 is 0 Å². The van der Waals surface area contributed by atoms with E-state index >= 15 is 0 Å². The summed E-state index contributed by atoms with van der Waals surface area (Å²) in [6.07, 6.45) is 1.82. The summed E-state index contributed by atoms with van der Waals surface area (Å²) in [5.74, 6) is 0. The summed E-state index contributed by atoms with van der Waals surface area (Å²) >= 11 is 4.99. The van der Waals surface area contributed by atoms with Gasteiger partial charge in [-0.3, -0.25) is 0 Å². The molecule has 2 heterocycles. The number of thiazole rings is 1. The van der Waals surface area contributed by atoms with Crippen molar-refractivity contribution in [1.29, 1.82) is 0 Å². The summed E-state index contributed by atoms with van der Waals surface area (Å²) < 4.78 is 2.35. The van der Waals surface area contributed by atoms with E-state index in [-0.39, 0.29) is 0 Å². The van der Waals surface area contributed by atoms with Gasteiger partial charge in [0.25, 0.3) is 0 Å². The molecule has 2 aromatic heterocycles. The summed E-state index contributed by atoms with van der Waals surface area (Å²) in [5.41, 5.74) is 0. The zero-order chi connectivity index (χ0) is 7.52. The molecule has 0 aliphatic carbocycles. The Morgan fingerprint density at radius 3 is 3.18 bits per heavy atom. The Labute approximate surface area is 77.1 Å². The van der Waals surface area contributed by atoms with Crippen molar-refractivity contribution in [2.45, 2.75) is 8.55 Å². The van der Waals surface area contributed by atoms with Crippen LogP contribution in [0.15, 0.2) is 32.3 Å². The first kappa shape index (κ1) is 7.34. The van der Waals surface area contributed by atoms with E-state index in [1.165, 1.54) is 4.21 Å². The van der Waals surface area contributed by atoms with Gasteiger partial charge in [0.15, 0.2) is 4.34 Å². The lowest BCUT2D eigenvalue weighted by molar-refractivity contribution is 1.25. The van der Waals surface area contributed by atoms with Crippen molar-refractivity contribution in [1.82, 2.24) is 4.98 Å². The van der Waals surface area contributed by atoms with Crippen LogP contribution >= 0.6 is 34.4 Å². The molecule has 1 radical (unpaired) electrons. The van der Waals surface area contributed by atoms with Gasteiger partial charge in [-0.1, -0.05) is 0 Å². The first-order chi connectivity index (χ1) is 5.45. The second-order valence-corrected chi connectivity index (χ2v) is 5.09. The molecule has 4 heteroatoms. The monoisotopic (exact) mass is 198 g/mol. The Morgan fingerprint density at radius 1 is 1.55 bits per heavy atom. The Morgan fingerprint density at radius 2 is 2.55 bits per heavy atom. The fraction of sp³-hybridized carbons (Fsp3) is 0. The molecule has 0 bridgehead atoms. The van der Waals surface area contributed by atoms with Crippen molar-refractivity contribution in [2.75, 3.05) is 0 Å². The van der Waals surface area contributed by atoms with Gasteiger partial charge in [0.2, 0.25) is 0 Å². The van der Waals surface area contributed by atoms with Gasteiger partial charge in [-0.2, -0.15) is 0 Å². The van der Waals surface area contributed by atoms with E-state index in [0.717, 1.165) is 4.34 Å². The van der Waals surface area contributed by atoms with Crippen LogP contribution in [0.4, 0.5) is 0 Å². The predicted molar refractivity (Wildman–Crippen MR) is 49.4 cm³/mol. The Hall–Kier alpha value is -0.320. The van der Waals surface area contributed by atoms with E-state index in [4.69, 9.17) is 0 Å². The lowest BCUT2D eigenvalue weighted by Crippen LogP contribution is -1.61. The van der Waals surface area contributed by atoms with Crippen molar-refractivity contribution in [2.24, 2.45) is 0 Å². The first-order valence-electron chi connectivity index (χ1n) is 2.98. The molecule has 0 spiro atoms. The summed E-state index contributed by atoms with van der Waals surface area (Å²) in [5, 5.41) is 5.03. The minimum Gasteiger partial charge on any atom is -0.238 e. The normalized spacial score (nSPS) is 10.2. The standard InChI is InChI=1S/C7H4NS3/c1-2-6(9-4-1)11-7-8-3-5-10-7/h1-3,5H. The second-order valence-electron chi connectivity index (χ2n) is 1.77. The molecule has 0 saturated carbocycles. The topological polar surface area (TPSA) is 12.9 Å². The van der Waals surface area contributed by atoms with Gasteiger partial charge in [-0.15, -0.1) is 22.7 Å². The van der Waals surface area contributed by atoms with Crippen molar-refractivity contribution >= 4 is 34.4 Å². The van der Waals surface area contributed by atoms with Crippen molar-refractivity contribution in [3.05, 3.63) is 29.1 Å². The van der Waals surface area contributed by atoms with Crippen LogP contribution in [0.2, 0.25) is 0 Å². The predicted octanol–water partition coefficient (Wildman–Crippen LogP) is 3.16. The van der Waals surface area contributed by atoms with Crippen LogP contribution in [-0.2, 0) is 0 Å². The van der Waals surface area contributed by atoms with Gasteiger partial charge in [0.05, 0.1) is 4.21 Å². The van der Waals surface area contributed by atoms with Crippen molar-refractivity contribution < 1.29 is 0 Å². The molecule has 2 aromatic rings. The van der Waals surface area contributed by atoms with E-state index in [2.05, 4.69) is 16.4 Å². The van der Waals surface area contributed by atoms with E-state index in [9.17, 15) is 0 Å². The van der Waals surface area contributed by atoms with Crippen molar-refractivity contribution in [3.8, 4) is 0 Å². The molecule has 0 unspecified atom stereocenters. The molecule has 1 nitrogen and oxygen atoms in total. The fourth-order valence-corrected chi connectivity index (χ4v) is 3.13. The highest BCUT2D eigenvalue weighted by Gasteiger charge is 1.98. The van der Waals surface area contributed by atoms with Crippen LogP contribution in [0.5, 0.6) is 0 Å². The molecule has 0 N–H and O–H groups in total. The third kappa shape index (κ3) is 1.83. The third-order valence-corrected chi connectivity index (χ3v) is 3.86. The highest BCUT2D eigenvalue weighted by molar-refractivity contribution is 8.02. The maximum Gasteiger partial charge on any atom is 0.155 e. The van der Waals surface area contributed by atoms with Crippen LogP contribution < -0.4 is 0 Å². The summed E-state index contributed by atoms with van der Waals surface area (Å²) in [6.45, 7) is 0. The zero-order valence-corrected chi connectivity index (χ0v) is 7.93. The quantitative estimate of drug-likeness (QED) is 0.735. The lowest BCUT2D eigenvalue weighted by Gasteiger charge is -1.87. The molecule has 2 rings (SSSR count). The van der Waals surface area contributed by atoms with E-state index in [1.54, 1.807) is 34.4 Å². The summed E-state index contributed by atoms with van der Waals surface area (Å²) in [4.78, 5) is 4.17. The van der Waals surface area contributed by atoms with Crippen LogP contribution in [0.25, 0.3) is 0 Å². The summed E-state index contributed by atoms with van der Waals surface area (Å²) in [6, 6.07) is 3.98. The molecule has 0 saturated heterocycles. The van der Waals surface area contributed by atoms with Crippen LogP contribution in [0, 0.1) is 5.38 Å². The van der Waals surface area contributed by atoms with Gasteiger partial charge < -0.3 is 0 Å². The van der Waals surface area contributed by atoms with Gasteiger partial charge >= 0.3 is 0 Å². The SMILES string of the molecule is [c]1ccc(Sc2nccs2)s1. The van der Waals surface area contributed by atoms with Gasteiger partial charge in [-0.05, 0) is 23.9 Å². The summed E-state index contributed by atoms with van der Waals surface area (Å²) in [7, 11) is 0. The van der Waals surface area contributed by atoms with Gasteiger partial charge in [0.1, 0.15) is 0 Å². The number of hydrogen-bond donors (Lipinski definition) is 0. The molecule has 0 amide bonds. The average molecular weight is 198 g/mol. The lowest BCUT2D eigenvalue weighted by atomic mass is 10.7. The Bertz CT molecular complexity index is 266. The molecular formula is C7H4NS3. The number of thiophene rings is 1. The largest absolute Gasteiger partial charge is 0.238 e. The highest BCUT2D eigenvalue weighted by Crippen LogP contribution is 2.31. The maximum absolute atomic E-state index is 4.17. The number of nitrogens with zero attached hydrogens (tertiary/aromatic N) is 1. The third-order valence-electron chi connectivity index (χ3n) is 1.04. The van der Waals surface area contributed by atoms with Gasteiger partial charge in [0, 0.05) is 17.0 Å². The molecule has 0 aromatic carbocycles. The molecule has 0 aliphatic heterocycles. The number of hydrogen-bond acceptors (Lipinski definition) is 4. The van der Waals surface area contributed by atoms with E-state index in [0.29, 0.717) is 0 Å². The molecular weight excluding hydrogens is 194 g/mol. The van der Waals surface area contributed by atoms with Crippen molar-refractivity contribution in [3.63, 3.8) is 0 Å². The molecule has 0 fully saturated rings. The zero-order valence-electron chi connectivity index (χ0n) is 5.48. The molecule has 55 valence electrons. The first-order valence-corrected chi connectivity index (χ1v) is 5.49. The number of aromatic nitrogens is 1. The second kappa shape index (κ2) is 3.38. The molecule has 0 atom stereocenters. The Balaban J connectivity index is 2.14. The highest BCUT2D eigenvalue weighted by atomic mass is 32.2. The molecule has 11 heavy (non-hydrogen) atoms. The van der Waals surface area contributed by atoms with E-state index in [1.807, 2.05) is 17.6 Å².